The number of aliphatic hydroxyl groups excluding tert-OH is 1. The Balaban J connectivity index is 3.25. The van der Waals surface area contributed by atoms with Crippen molar-refractivity contribution >= 4 is 15.9 Å². The van der Waals surface area contributed by atoms with Crippen LogP contribution in [0.15, 0.2) is 16.6 Å². The van der Waals surface area contributed by atoms with Crippen LogP contribution in [0, 0.1) is 0 Å². The van der Waals surface area contributed by atoms with Gasteiger partial charge in [0.15, 0.2) is 6.10 Å². The third-order valence-electron chi connectivity index (χ3n) is 2.54. The molecule has 4 nitrogen and oxygen atoms in total. The summed E-state index contributed by atoms with van der Waals surface area (Å²) < 4.78 is 47.9. The van der Waals surface area contributed by atoms with Crippen molar-refractivity contribution in [1.29, 1.82) is 0 Å². The van der Waals surface area contributed by atoms with Crippen LogP contribution in [0.2, 0.25) is 0 Å². The van der Waals surface area contributed by atoms with Gasteiger partial charge in [-0.1, -0.05) is 0 Å². The van der Waals surface area contributed by atoms with E-state index in [0.717, 1.165) is 0 Å². The van der Waals surface area contributed by atoms with Gasteiger partial charge in [-0.15, -0.1) is 0 Å². The zero-order valence-corrected chi connectivity index (χ0v) is 11.7. The maximum Gasteiger partial charge on any atom is 0.416 e. The number of aliphatic hydroxyl groups is 1. The standard InChI is InChI=1S/C11H13BrF3NO3/c1-18-7-4-6(12)8(19-2)3-5(7)9(16)10(17)11(13,14)15/h3-4,9-10,17H,16H2,1-2H3/t9-,10-/m1/s1. The maximum absolute atomic E-state index is 12.5. The molecule has 8 heteroatoms. The molecule has 0 aliphatic rings. The number of benzene rings is 1. The summed E-state index contributed by atoms with van der Waals surface area (Å²) in [6, 6.07) is 1.05. The Morgan fingerprint density at radius 2 is 1.74 bits per heavy atom. The second kappa shape index (κ2) is 5.98. The molecule has 2 atom stereocenters. The average molecular weight is 344 g/mol. The van der Waals surface area contributed by atoms with Crippen LogP contribution in [-0.2, 0) is 0 Å². The highest BCUT2D eigenvalue weighted by Gasteiger charge is 2.43. The number of hydrogen-bond acceptors (Lipinski definition) is 4. The number of rotatable bonds is 4. The Labute approximate surface area is 116 Å². The van der Waals surface area contributed by atoms with Crippen molar-refractivity contribution in [3.05, 3.63) is 22.2 Å². The molecule has 0 aliphatic heterocycles. The highest BCUT2D eigenvalue weighted by Crippen LogP contribution is 2.38. The second-order valence-corrected chi connectivity index (χ2v) is 4.60. The summed E-state index contributed by atoms with van der Waals surface area (Å²) in [5, 5.41) is 9.20. The Hall–Kier alpha value is -0.990. The van der Waals surface area contributed by atoms with E-state index in [4.69, 9.17) is 15.2 Å². The van der Waals surface area contributed by atoms with Gasteiger partial charge in [-0.05, 0) is 28.1 Å². The maximum atomic E-state index is 12.5. The minimum atomic E-state index is -4.81. The summed E-state index contributed by atoms with van der Waals surface area (Å²) in [4.78, 5) is 0. The van der Waals surface area contributed by atoms with Gasteiger partial charge in [-0.3, -0.25) is 0 Å². The zero-order valence-electron chi connectivity index (χ0n) is 10.2. The Morgan fingerprint density at radius 3 is 2.16 bits per heavy atom. The molecule has 0 radical (unpaired) electrons. The molecule has 0 fully saturated rings. The monoisotopic (exact) mass is 343 g/mol. The first-order chi connectivity index (χ1) is 8.72. The lowest BCUT2D eigenvalue weighted by atomic mass is 10.0. The molecule has 3 N–H and O–H groups in total. The second-order valence-electron chi connectivity index (χ2n) is 3.74. The number of methoxy groups -OCH3 is 2. The molecule has 1 aromatic rings. The molecule has 1 aromatic carbocycles. The van der Waals surface area contributed by atoms with Gasteiger partial charge in [0.2, 0.25) is 0 Å². The molecule has 0 amide bonds. The summed E-state index contributed by atoms with van der Waals surface area (Å²) in [7, 11) is 2.66. The highest BCUT2D eigenvalue weighted by molar-refractivity contribution is 9.10. The van der Waals surface area contributed by atoms with Gasteiger partial charge in [0.1, 0.15) is 11.5 Å². The fraction of sp³-hybridized carbons (Fsp3) is 0.455. The van der Waals surface area contributed by atoms with Gasteiger partial charge in [0.05, 0.1) is 24.7 Å². The number of ether oxygens (including phenoxy) is 2. The van der Waals surface area contributed by atoms with Crippen molar-refractivity contribution in [2.24, 2.45) is 5.73 Å². The first-order valence-corrected chi connectivity index (χ1v) is 5.93. The Bertz CT molecular complexity index is 454. The van der Waals surface area contributed by atoms with Crippen molar-refractivity contribution in [2.75, 3.05) is 14.2 Å². The third-order valence-corrected chi connectivity index (χ3v) is 3.16. The van der Waals surface area contributed by atoms with Gasteiger partial charge < -0.3 is 20.3 Å². The van der Waals surface area contributed by atoms with Crippen LogP contribution in [-0.4, -0.2) is 31.6 Å². The van der Waals surface area contributed by atoms with Gasteiger partial charge in [-0.25, -0.2) is 0 Å². The fourth-order valence-corrected chi connectivity index (χ4v) is 2.00. The zero-order chi connectivity index (χ0) is 14.8. The van der Waals surface area contributed by atoms with Crippen LogP contribution in [0.25, 0.3) is 0 Å². The largest absolute Gasteiger partial charge is 0.496 e. The van der Waals surface area contributed by atoms with E-state index in [1.807, 2.05) is 0 Å². The topological polar surface area (TPSA) is 64.7 Å². The smallest absolute Gasteiger partial charge is 0.416 e. The first kappa shape index (κ1) is 16.1. The predicted octanol–water partition coefficient (Wildman–Crippen LogP) is 2.39. The summed E-state index contributed by atoms with van der Waals surface area (Å²) in [5.41, 5.74) is 5.46. The molecule has 0 saturated carbocycles. The van der Waals surface area contributed by atoms with Gasteiger partial charge in [0.25, 0.3) is 0 Å². The molecule has 19 heavy (non-hydrogen) atoms. The van der Waals surface area contributed by atoms with Crippen LogP contribution in [0.5, 0.6) is 11.5 Å². The number of halogens is 4. The van der Waals surface area contributed by atoms with Crippen LogP contribution in [0.4, 0.5) is 13.2 Å². The van der Waals surface area contributed by atoms with Crippen molar-refractivity contribution in [3.63, 3.8) is 0 Å². The van der Waals surface area contributed by atoms with Crippen molar-refractivity contribution in [2.45, 2.75) is 18.3 Å². The van der Waals surface area contributed by atoms with E-state index >= 15 is 0 Å². The van der Waals surface area contributed by atoms with Crippen LogP contribution in [0.3, 0.4) is 0 Å². The van der Waals surface area contributed by atoms with E-state index in [0.29, 0.717) is 10.2 Å². The van der Waals surface area contributed by atoms with Gasteiger partial charge in [0, 0.05) is 5.56 Å². The number of alkyl halides is 3. The Kier molecular flexibility index (Phi) is 5.05. The lowest BCUT2D eigenvalue weighted by Crippen LogP contribution is -2.39. The van der Waals surface area contributed by atoms with E-state index in [9.17, 15) is 18.3 Å². The Morgan fingerprint density at radius 1 is 1.21 bits per heavy atom. The molecule has 1 rings (SSSR count). The van der Waals surface area contributed by atoms with Crippen LogP contribution < -0.4 is 15.2 Å². The minimum Gasteiger partial charge on any atom is -0.496 e. The lowest BCUT2D eigenvalue weighted by Gasteiger charge is -2.23. The predicted molar refractivity (Wildman–Crippen MR) is 66.2 cm³/mol. The normalized spacial score (nSPS) is 14.9. The molecule has 0 bridgehead atoms. The lowest BCUT2D eigenvalue weighted by molar-refractivity contribution is -0.210. The van der Waals surface area contributed by atoms with E-state index in [1.54, 1.807) is 0 Å². The molecular weight excluding hydrogens is 331 g/mol. The molecule has 0 unspecified atom stereocenters. The van der Waals surface area contributed by atoms with Crippen molar-refractivity contribution < 1.29 is 27.8 Å². The van der Waals surface area contributed by atoms with Crippen molar-refractivity contribution in [1.82, 2.24) is 0 Å². The number of nitrogens with two attached hydrogens (primary N) is 1. The third kappa shape index (κ3) is 3.52. The van der Waals surface area contributed by atoms with E-state index in [2.05, 4.69) is 15.9 Å². The molecule has 0 aliphatic carbocycles. The summed E-state index contributed by atoms with van der Waals surface area (Å²) in [5.74, 6) is 0.420. The first-order valence-electron chi connectivity index (χ1n) is 5.14. The van der Waals surface area contributed by atoms with Crippen molar-refractivity contribution in [3.8, 4) is 11.5 Å². The van der Waals surface area contributed by atoms with E-state index < -0.39 is 18.3 Å². The van der Waals surface area contributed by atoms with Crippen LogP contribution >= 0.6 is 15.9 Å². The van der Waals surface area contributed by atoms with E-state index in [1.165, 1.54) is 26.4 Å². The summed E-state index contributed by atoms with van der Waals surface area (Å²) in [6.45, 7) is 0. The molecular formula is C11H13BrF3NO3. The molecule has 0 spiro atoms. The minimum absolute atomic E-state index is 0.00683. The molecule has 108 valence electrons. The average Bonchev–Trinajstić information content (AvgIpc) is 2.35. The molecule has 0 heterocycles. The summed E-state index contributed by atoms with van der Waals surface area (Å²) >= 11 is 3.18. The van der Waals surface area contributed by atoms with Gasteiger partial charge >= 0.3 is 6.18 Å². The quantitative estimate of drug-likeness (QED) is 0.880. The summed E-state index contributed by atoms with van der Waals surface area (Å²) in [6.07, 6.45) is -7.50. The highest BCUT2D eigenvalue weighted by atomic mass is 79.9. The van der Waals surface area contributed by atoms with E-state index in [-0.39, 0.29) is 11.3 Å². The SMILES string of the molecule is COc1cc([C@@H](N)[C@@H](O)C(F)(F)F)c(OC)cc1Br. The molecule has 0 saturated heterocycles. The number of hydrogen-bond donors (Lipinski definition) is 2. The van der Waals surface area contributed by atoms with Crippen LogP contribution in [0.1, 0.15) is 11.6 Å². The van der Waals surface area contributed by atoms with Gasteiger partial charge in [-0.2, -0.15) is 13.2 Å². The molecule has 0 aromatic heterocycles. The fourth-order valence-electron chi connectivity index (χ4n) is 1.52.